The van der Waals surface area contributed by atoms with E-state index in [0.29, 0.717) is 17.5 Å². The van der Waals surface area contributed by atoms with Gasteiger partial charge < -0.3 is 10.1 Å². The van der Waals surface area contributed by atoms with E-state index >= 15 is 0 Å². The number of carbonyl (C=O) groups is 1. The van der Waals surface area contributed by atoms with Crippen molar-refractivity contribution in [1.29, 1.82) is 0 Å². The van der Waals surface area contributed by atoms with E-state index in [-0.39, 0.29) is 12.1 Å². The maximum atomic E-state index is 12.5. The van der Waals surface area contributed by atoms with Crippen LogP contribution in [0.1, 0.15) is 69.7 Å². The molecule has 1 atom stereocenters. The van der Waals surface area contributed by atoms with Gasteiger partial charge in [0.05, 0.1) is 23.6 Å². The lowest BCUT2D eigenvalue weighted by molar-refractivity contribution is 0.00704. The first-order valence-corrected chi connectivity index (χ1v) is 9.12. The Bertz CT molecular complexity index is 574. The number of hydrogen-bond donors (Lipinski definition) is 2. The zero-order valence-electron chi connectivity index (χ0n) is 15.0. The predicted molar refractivity (Wildman–Crippen MR) is 94.9 cm³/mol. The minimum absolute atomic E-state index is 0.203. The lowest BCUT2D eigenvalue weighted by atomic mass is 9.81. The lowest BCUT2D eigenvalue weighted by Gasteiger charge is -2.40. The van der Waals surface area contributed by atoms with Crippen molar-refractivity contribution in [3.8, 4) is 0 Å². The third kappa shape index (κ3) is 4.26. The number of rotatable bonds is 6. The first-order chi connectivity index (χ1) is 11.4. The normalized spacial score (nSPS) is 20.0. The Morgan fingerprint density at radius 1 is 1.25 bits per heavy atom. The van der Waals surface area contributed by atoms with Gasteiger partial charge in [0.2, 0.25) is 0 Å². The van der Waals surface area contributed by atoms with E-state index in [1.54, 1.807) is 18.5 Å². The number of nitrogens with one attached hydrogen (secondary N) is 2. The monoisotopic (exact) mass is 331 g/mol. The van der Waals surface area contributed by atoms with Crippen molar-refractivity contribution in [3.05, 3.63) is 24.0 Å². The number of hydrogen-bond acceptors (Lipinski definition) is 5. The molecule has 0 aromatic carbocycles. The summed E-state index contributed by atoms with van der Waals surface area (Å²) in [5, 5.41) is 7.27. The first kappa shape index (κ1) is 17.2. The van der Waals surface area contributed by atoms with E-state index in [1.165, 1.54) is 38.5 Å². The molecule has 0 bridgehead atoms. The zero-order valence-corrected chi connectivity index (χ0v) is 15.0. The molecule has 0 amide bonds. The summed E-state index contributed by atoms with van der Waals surface area (Å²) < 4.78 is 5.53. The smallest absolute Gasteiger partial charge is 0.340 e. The van der Waals surface area contributed by atoms with Gasteiger partial charge >= 0.3 is 5.97 Å². The average Bonchev–Trinajstić information content (AvgIpc) is 2.39. The molecule has 0 saturated heterocycles. The molecule has 5 nitrogen and oxygen atoms in total. The fourth-order valence-electron chi connectivity index (χ4n) is 3.09. The Morgan fingerprint density at radius 3 is 2.50 bits per heavy atom. The second-order valence-corrected chi connectivity index (χ2v) is 8.03. The summed E-state index contributed by atoms with van der Waals surface area (Å²) in [7, 11) is 0. The maximum absolute atomic E-state index is 12.5. The number of pyridine rings is 1. The van der Waals surface area contributed by atoms with E-state index < -0.39 is 5.60 Å². The highest BCUT2D eigenvalue weighted by atomic mass is 16.6. The third-order valence-electron chi connectivity index (χ3n) is 4.89. The summed E-state index contributed by atoms with van der Waals surface area (Å²) in [4.78, 5) is 16.7. The van der Waals surface area contributed by atoms with Gasteiger partial charge in [0.1, 0.15) is 5.60 Å². The van der Waals surface area contributed by atoms with Crippen LogP contribution in [0.2, 0.25) is 0 Å². The topological polar surface area (TPSA) is 63.2 Å². The molecule has 3 rings (SSSR count). The Morgan fingerprint density at radius 2 is 1.96 bits per heavy atom. The van der Waals surface area contributed by atoms with E-state index in [4.69, 9.17) is 4.74 Å². The van der Waals surface area contributed by atoms with Gasteiger partial charge in [0, 0.05) is 12.2 Å². The standard InChI is InChI=1S/C19H29N3O2/c1-19(2,3)24-18(23)15-10-11-20-12-16(15)22-17(13-6-4-7-13)21-14-8-5-9-14/h10-14,17,21-22H,4-9H2,1-3H3. The molecule has 1 aromatic rings. The van der Waals surface area contributed by atoms with Crippen LogP contribution in [-0.2, 0) is 4.74 Å². The van der Waals surface area contributed by atoms with E-state index in [0.717, 1.165) is 5.69 Å². The summed E-state index contributed by atoms with van der Waals surface area (Å²) in [6, 6.07) is 2.34. The molecule has 1 unspecified atom stereocenters. The Kier molecular flexibility index (Phi) is 5.09. The highest BCUT2D eigenvalue weighted by Gasteiger charge is 2.31. The molecule has 2 aliphatic carbocycles. The van der Waals surface area contributed by atoms with Gasteiger partial charge in [-0.05, 0) is 58.4 Å². The van der Waals surface area contributed by atoms with Gasteiger partial charge in [-0.2, -0.15) is 0 Å². The van der Waals surface area contributed by atoms with Gasteiger partial charge in [-0.3, -0.25) is 10.3 Å². The molecule has 0 aliphatic heterocycles. The molecule has 2 N–H and O–H groups in total. The van der Waals surface area contributed by atoms with Gasteiger partial charge in [0.15, 0.2) is 0 Å². The third-order valence-corrected chi connectivity index (χ3v) is 4.89. The van der Waals surface area contributed by atoms with Crippen LogP contribution in [0.15, 0.2) is 18.5 Å². The second kappa shape index (κ2) is 7.09. The summed E-state index contributed by atoms with van der Waals surface area (Å²) in [5.74, 6) is 0.320. The number of aromatic nitrogens is 1. The van der Waals surface area contributed by atoms with Crippen molar-refractivity contribution in [2.45, 2.75) is 77.1 Å². The van der Waals surface area contributed by atoms with Crippen LogP contribution in [0.3, 0.4) is 0 Å². The van der Waals surface area contributed by atoms with Crippen LogP contribution in [0.5, 0.6) is 0 Å². The molecule has 24 heavy (non-hydrogen) atoms. The Labute approximate surface area is 144 Å². The SMILES string of the molecule is CC(C)(C)OC(=O)c1ccncc1NC(NC1CCC1)C1CCC1. The molecular formula is C19H29N3O2. The lowest BCUT2D eigenvalue weighted by Crippen LogP contribution is -2.51. The molecule has 0 radical (unpaired) electrons. The van der Waals surface area contributed by atoms with Crippen molar-refractivity contribution in [3.63, 3.8) is 0 Å². The van der Waals surface area contributed by atoms with Crippen molar-refractivity contribution in [1.82, 2.24) is 10.3 Å². The average molecular weight is 331 g/mol. The predicted octanol–water partition coefficient (Wildman–Crippen LogP) is 3.72. The molecule has 1 aromatic heterocycles. The fourth-order valence-corrected chi connectivity index (χ4v) is 3.09. The summed E-state index contributed by atoms with van der Waals surface area (Å²) >= 11 is 0. The van der Waals surface area contributed by atoms with E-state index in [1.807, 2.05) is 20.8 Å². The summed E-state index contributed by atoms with van der Waals surface area (Å²) in [6.45, 7) is 5.65. The highest BCUT2D eigenvalue weighted by Crippen LogP contribution is 2.32. The molecular weight excluding hydrogens is 302 g/mol. The first-order valence-electron chi connectivity index (χ1n) is 9.12. The quantitative estimate of drug-likeness (QED) is 0.614. The molecule has 0 spiro atoms. The van der Waals surface area contributed by atoms with Crippen molar-refractivity contribution < 1.29 is 9.53 Å². The zero-order chi connectivity index (χ0) is 17.2. The largest absolute Gasteiger partial charge is 0.456 e. The van der Waals surface area contributed by atoms with Gasteiger partial charge in [0.25, 0.3) is 0 Å². The van der Waals surface area contributed by atoms with Crippen LogP contribution in [-0.4, -0.2) is 28.8 Å². The molecule has 1 heterocycles. The number of carbonyl (C=O) groups excluding carboxylic acids is 1. The number of esters is 1. The van der Waals surface area contributed by atoms with E-state index in [2.05, 4.69) is 15.6 Å². The van der Waals surface area contributed by atoms with Crippen LogP contribution in [0.25, 0.3) is 0 Å². The molecule has 5 heteroatoms. The minimum Gasteiger partial charge on any atom is -0.456 e. The van der Waals surface area contributed by atoms with Gasteiger partial charge in [-0.15, -0.1) is 0 Å². The Hall–Kier alpha value is -1.62. The number of ether oxygens (including phenoxy) is 1. The van der Waals surface area contributed by atoms with Crippen molar-refractivity contribution >= 4 is 11.7 Å². The van der Waals surface area contributed by atoms with Gasteiger partial charge in [-0.1, -0.05) is 12.8 Å². The highest BCUT2D eigenvalue weighted by molar-refractivity contribution is 5.95. The molecule has 2 aliphatic rings. The van der Waals surface area contributed by atoms with Crippen LogP contribution in [0.4, 0.5) is 5.69 Å². The maximum Gasteiger partial charge on any atom is 0.340 e. The van der Waals surface area contributed by atoms with Crippen LogP contribution >= 0.6 is 0 Å². The Balaban J connectivity index is 1.73. The minimum atomic E-state index is -0.505. The molecule has 2 fully saturated rings. The second-order valence-electron chi connectivity index (χ2n) is 8.03. The summed E-state index contributed by atoms with van der Waals surface area (Å²) in [6.07, 6.45) is 11.1. The number of anilines is 1. The van der Waals surface area contributed by atoms with Gasteiger partial charge in [-0.25, -0.2) is 4.79 Å². The molecule has 132 valence electrons. The van der Waals surface area contributed by atoms with Crippen LogP contribution in [0, 0.1) is 5.92 Å². The van der Waals surface area contributed by atoms with E-state index in [9.17, 15) is 4.79 Å². The van der Waals surface area contributed by atoms with Crippen molar-refractivity contribution in [2.75, 3.05) is 5.32 Å². The molecule has 2 saturated carbocycles. The fraction of sp³-hybridized carbons (Fsp3) is 0.684. The van der Waals surface area contributed by atoms with Crippen molar-refractivity contribution in [2.24, 2.45) is 5.92 Å². The number of nitrogens with zero attached hydrogens (tertiary/aromatic N) is 1. The summed E-state index contributed by atoms with van der Waals surface area (Å²) in [5.41, 5.74) is 0.810. The van der Waals surface area contributed by atoms with Crippen LogP contribution < -0.4 is 10.6 Å².